The molecule has 0 heterocycles. The summed E-state index contributed by atoms with van der Waals surface area (Å²) in [5, 5.41) is 9.19. The number of phenolic OH excluding ortho intramolecular Hbond substituents is 1. The number of phenols is 1. The standard InChI is InChI=1S/C13H10BrFO/c1-8-6-12(14)13(15)7-11(8)9-2-4-10(16)5-3-9/h2-7,16H,1H3. The molecule has 0 radical (unpaired) electrons. The van der Waals surface area contributed by atoms with E-state index in [4.69, 9.17) is 0 Å². The SMILES string of the molecule is Cc1cc(Br)c(F)cc1-c1ccc(O)cc1. The first kappa shape index (κ1) is 11.1. The summed E-state index contributed by atoms with van der Waals surface area (Å²) in [6.45, 7) is 1.92. The third-order valence-corrected chi connectivity index (χ3v) is 3.05. The van der Waals surface area contributed by atoms with Crippen molar-refractivity contribution in [3.8, 4) is 16.9 Å². The van der Waals surface area contributed by atoms with E-state index in [2.05, 4.69) is 15.9 Å². The number of rotatable bonds is 1. The van der Waals surface area contributed by atoms with Gasteiger partial charge in [0.15, 0.2) is 0 Å². The molecule has 1 nitrogen and oxygen atoms in total. The summed E-state index contributed by atoms with van der Waals surface area (Å²) in [5.41, 5.74) is 2.71. The largest absolute Gasteiger partial charge is 0.508 e. The van der Waals surface area contributed by atoms with Crippen molar-refractivity contribution >= 4 is 15.9 Å². The van der Waals surface area contributed by atoms with Crippen LogP contribution in [0, 0.1) is 12.7 Å². The molecule has 2 aromatic carbocycles. The Labute approximate surface area is 102 Å². The van der Waals surface area contributed by atoms with Crippen LogP contribution in [-0.4, -0.2) is 5.11 Å². The highest BCUT2D eigenvalue weighted by Crippen LogP contribution is 2.29. The highest BCUT2D eigenvalue weighted by molar-refractivity contribution is 9.10. The number of aromatic hydroxyl groups is 1. The predicted molar refractivity (Wildman–Crippen MR) is 65.9 cm³/mol. The fourth-order valence-electron chi connectivity index (χ4n) is 1.60. The molecular weight excluding hydrogens is 271 g/mol. The molecule has 3 heteroatoms. The van der Waals surface area contributed by atoms with E-state index in [9.17, 15) is 9.50 Å². The zero-order chi connectivity index (χ0) is 11.7. The maximum absolute atomic E-state index is 13.4. The van der Waals surface area contributed by atoms with Gasteiger partial charge in [-0.05, 0) is 63.8 Å². The van der Waals surface area contributed by atoms with E-state index < -0.39 is 0 Å². The molecular formula is C13H10BrFO. The van der Waals surface area contributed by atoms with Gasteiger partial charge in [-0.3, -0.25) is 0 Å². The van der Waals surface area contributed by atoms with E-state index in [1.165, 1.54) is 6.07 Å². The van der Waals surface area contributed by atoms with Gasteiger partial charge in [0.2, 0.25) is 0 Å². The summed E-state index contributed by atoms with van der Waals surface area (Å²) in [4.78, 5) is 0. The van der Waals surface area contributed by atoms with Crippen molar-refractivity contribution in [2.75, 3.05) is 0 Å². The molecule has 0 aromatic heterocycles. The zero-order valence-corrected chi connectivity index (χ0v) is 10.3. The monoisotopic (exact) mass is 280 g/mol. The van der Waals surface area contributed by atoms with Gasteiger partial charge in [0.05, 0.1) is 4.47 Å². The van der Waals surface area contributed by atoms with E-state index in [-0.39, 0.29) is 11.6 Å². The van der Waals surface area contributed by atoms with Gasteiger partial charge >= 0.3 is 0 Å². The number of halogens is 2. The minimum absolute atomic E-state index is 0.207. The van der Waals surface area contributed by atoms with E-state index in [0.717, 1.165) is 16.7 Å². The minimum Gasteiger partial charge on any atom is -0.508 e. The smallest absolute Gasteiger partial charge is 0.138 e. The second-order valence-electron chi connectivity index (χ2n) is 3.63. The highest BCUT2D eigenvalue weighted by Gasteiger charge is 2.07. The third kappa shape index (κ3) is 2.09. The van der Waals surface area contributed by atoms with Crippen LogP contribution in [0.2, 0.25) is 0 Å². The van der Waals surface area contributed by atoms with Gasteiger partial charge < -0.3 is 5.11 Å². The molecule has 0 aliphatic carbocycles. The van der Waals surface area contributed by atoms with Crippen LogP contribution in [-0.2, 0) is 0 Å². The van der Waals surface area contributed by atoms with Gasteiger partial charge in [-0.1, -0.05) is 12.1 Å². The van der Waals surface area contributed by atoms with Crippen molar-refractivity contribution in [1.29, 1.82) is 0 Å². The van der Waals surface area contributed by atoms with Crippen molar-refractivity contribution in [3.63, 3.8) is 0 Å². The maximum atomic E-state index is 13.4. The molecule has 82 valence electrons. The summed E-state index contributed by atoms with van der Waals surface area (Å²) >= 11 is 3.15. The topological polar surface area (TPSA) is 20.2 Å². The third-order valence-electron chi connectivity index (χ3n) is 2.45. The number of hydrogen-bond donors (Lipinski definition) is 1. The highest BCUT2D eigenvalue weighted by atomic mass is 79.9. The molecule has 0 aliphatic rings. The van der Waals surface area contributed by atoms with Crippen LogP contribution >= 0.6 is 15.9 Å². The van der Waals surface area contributed by atoms with E-state index in [1.54, 1.807) is 30.3 Å². The maximum Gasteiger partial charge on any atom is 0.138 e. The first-order valence-electron chi connectivity index (χ1n) is 4.83. The Kier molecular flexibility index (Phi) is 2.97. The number of aryl methyl sites for hydroxylation is 1. The Morgan fingerprint density at radius 1 is 1.12 bits per heavy atom. The van der Waals surface area contributed by atoms with Crippen molar-refractivity contribution < 1.29 is 9.50 Å². The Bertz CT molecular complexity index is 520. The molecule has 2 rings (SSSR count). The summed E-state index contributed by atoms with van der Waals surface area (Å²) in [6.07, 6.45) is 0. The molecule has 0 saturated carbocycles. The Balaban J connectivity index is 2.56. The van der Waals surface area contributed by atoms with Crippen molar-refractivity contribution in [3.05, 3.63) is 52.3 Å². The minimum atomic E-state index is -0.284. The Hall–Kier alpha value is -1.35. The van der Waals surface area contributed by atoms with Crippen molar-refractivity contribution in [2.45, 2.75) is 6.92 Å². The summed E-state index contributed by atoms with van der Waals surface area (Å²) in [7, 11) is 0. The van der Waals surface area contributed by atoms with Crippen molar-refractivity contribution in [2.24, 2.45) is 0 Å². The van der Waals surface area contributed by atoms with Gasteiger partial charge in [0.25, 0.3) is 0 Å². The first-order valence-corrected chi connectivity index (χ1v) is 5.62. The first-order chi connectivity index (χ1) is 7.58. The van der Waals surface area contributed by atoms with Gasteiger partial charge in [0.1, 0.15) is 11.6 Å². The average molecular weight is 281 g/mol. The average Bonchev–Trinajstić information content (AvgIpc) is 2.25. The summed E-state index contributed by atoms with van der Waals surface area (Å²) in [6, 6.07) is 9.96. The van der Waals surface area contributed by atoms with Crippen LogP contribution in [0.1, 0.15) is 5.56 Å². The van der Waals surface area contributed by atoms with E-state index in [1.807, 2.05) is 6.92 Å². The fourth-order valence-corrected chi connectivity index (χ4v) is 2.06. The molecule has 0 atom stereocenters. The fraction of sp³-hybridized carbons (Fsp3) is 0.0769. The molecule has 0 unspecified atom stereocenters. The van der Waals surface area contributed by atoms with Crippen LogP contribution in [0.5, 0.6) is 5.75 Å². The van der Waals surface area contributed by atoms with Gasteiger partial charge in [-0.2, -0.15) is 0 Å². The second-order valence-corrected chi connectivity index (χ2v) is 4.48. The predicted octanol–water partition coefficient (Wildman–Crippen LogP) is 4.27. The van der Waals surface area contributed by atoms with Crippen molar-refractivity contribution in [1.82, 2.24) is 0 Å². The second kappa shape index (κ2) is 4.26. The van der Waals surface area contributed by atoms with E-state index >= 15 is 0 Å². The Morgan fingerprint density at radius 3 is 2.38 bits per heavy atom. The molecule has 0 spiro atoms. The molecule has 1 N–H and O–H groups in total. The Morgan fingerprint density at radius 2 is 1.75 bits per heavy atom. The van der Waals surface area contributed by atoms with Gasteiger partial charge in [-0.15, -0.1) is 0 Å². The lowest BCUT2D eigenvalue weighted by Gasteiger charge is -2.07. The molecule has 0 aliphatic heterocycles. The zero-order valence-electron chi connectivity index (χ0n) is 8.67. The van der Waals surface area contributed by atoms with Gasteiger partial charge in [0, 0.05) is 0 Å². The molecule has 0 amide bonds. The van der Waals surface area contributed by atoms with Crippen LogP contribution in [0.4, 0.5) is 4.39 Å². The van der Waals surface area contributed by atoms with Crippen LogP contribution in [0.3, 0.4) is 0 Å². The normalized spacial score (nSPS) is 10.4. The molecule has 2 aromatic rings. The number of benzene rings is 2. The van der Waals surface area contributed by atoms with Crippen LogP contribution in [0.15, 0.2) is 40.9 Å². The van der Waals surface area contributed by atoms with Gasteiger partial charge in [-0.25, -0.2) is 4.39 Å². The molecule has 0 bridgehead atoms. The van der Waals surface area contributed by atoms with Crippen LogP contribution in [0.25, 0.3) is 11.1 Å². The molecule has 16 heavy (non-hydrogen) atoms. The molecule has 0 fully saturated rings. The lowest BCUT2D eigenvalue weighted by molar-refractivity contribution is 0.475. The lowest BCUT2D eigenvalue weighted by atomic mass is 10.0. The quantitative estimate of drug-likeness (QED) is 0.827. The van der Waals surface area contributed by atoms with E-state index in [0.29, 0.717) is 4.47 Å². The summed E-state index contributed by atoms with van der Waals surface area (Å²) < 4.78 is 13.9. The summed E-state index contributed by atoms with van der Waals surface area (Å²) in [5.74, 6) is -0.0762. The van der Waals surface area contributed by atoms with Crippen LogP contribution < -0.4 is 0 Å². The lowest BCUT2D eigenvalue weighted by Crippen LogP contribution is -1.87. The number of hydrogen-bond acceptors (Lipinski definition) is 1. The molecule has 0 saturated heterocycles.